The molecular formula is C17H28N2O2. The van der Waals surface area contributed by atoms with Crippen molar-refractivity contribution in [2.24, 2.45) is 11.3 Å². The number of carbonyl (C=O) groups is 2. The maximum atomic E-state index is 13.1. The van der Waals surface area contributed by atoms with E-state index in [0.29, 0.717) is 17.8 Å². The lowest BCUT2D eigenvalue weighted by molar-refractivity contribution is -0.156. The average molecular weight is 292 g/mol. The molecule has 2 atom stereocenters. The van der Waals surface area contributed by atoms with Gasteiger partial charge in [-0.2, -0.15) is 0 Å². The number of hydrogen-bond donors (Lipinski definition) is 1. The summed E-state index contributed by atoms with van der Waals surface area (Å²) in [5, 5.41) is 3.04. The molecule has 3 aliphatic rings. The molecule has 2 aliphatic carbocycles. The molecule has 0 aromatic rings. The van der Waals surface area contributed by atoms with E-state index in [1.165, 1.54) is 19.3 Å². The Morgan fingerprint density at radius 1 is 1.24 bits per heavy atom. The first-order valence-corrected chi connectivity index (χ1v) is 8.59. The van der Waals surface area contributed by atoms with Crippen LogP contribution >= 0.6 is 0 Å². The van der Waals surface area contributed by atoms with E-state index in [-0.39, 0.29) is 17.9 Å². The standard InChI is InChI=1S/C17H28N2O2/c1-4-8-17(9-10-17)11-19-13(5-2)14(20)18-16(3,15(19)21)12-6-7-12/h12-13H,4-11H2,1-3H3,(H,18,20). The van der Waals surface area contributed by atoms with E-state index in [1.54, 1.807) is 0 Å². The van der Waals surface area contributed by atoms with Gasteiger partial charge in [-0.1, -0.05) is 20.3 Å². The summed E-state index contributed by atoms with van der Waals surface area (Å²) >= 11 is 0. The van der Waals surface area contributed by atoms with Crippen molar-refractivity contribution in [2.75, 3.05) is 6.54 Å². The lowest BCUT2D eigenvalue weighted by atomic mass is 9.87. The molecule has 21 heavy (non-hydrogen) atoms. The third-order valence-electron chi connectivity index (χ3n) is 5.79. The van der Waals surface area contributed by atoms with Gasteiger partial charge in [0.2, 0.25) is 11.8 Å². The van der Waals surface area contributed by atoms with Crippen molar-refractivity contribution in [1.29, 1.82) is 0 Å². The zero-order chi connectivity index (χ0) is 15.3. The molecule has 1 saturated heterocycles. The topological polar surface area (TPSA) is 49.4 Å². The fraction of sp³-hybridized carbons (Fsp3) is 0.882. The van der Waals surface area contributed by atoms with Gasteiger partial charge in [0.25, 0.3) is 0 Å². The molecule has 1 heterocycles. The summed E-state index contributed by atoms with van der Waals surface area (Å²) in [6.45, 7) is 6.93. The second-order valence-electron chi connectivity index (χ2n) is 7.57. The van der Waals surface area contributed by atoms with E-state index in [0.717, 1.165) is 25.8 Å². The summed E-state index contributed by atoms with van der Waals surface area (Å²) in [5.41, 5.74) is -0.342. The molecule has 2 saturated carbocycles. The Hall–Kier alpha value is -1.06. The number of carbonyl (C=O) groups excluding carboxylic acids is 2. The zero-order valence-corrected chi connectivity index (χ0v) is 13.6. The molecule has 4 heteroatoms. The Labute approximate surface area is 127 Å². The van der Waals surface area contributed by atoms with Gasteiger partial charge in [-0.05, 0) is 56.8 Å². The van der Waals surface area contributed by atoms with Crippen LogP contribution < -0.4 is 5.32 Å². The van der Waals surface area contributed by atoms with E-state index in [4.69, 9.17) is 0 Å². The van der Waals surface area contributed by atoms with Crippen molar-refractivity contribution < 1.29 is 9.59 Å². The molecule has 0 aromatic heterocycles. The van der Waals surface area contributed by atoms with Crippen molar-refractivity contribution in [3.05, 3.63) is 0 Å². The van der Waals surface area contributed by atoms with Crippen molar-refractivity contribution in [3.63, 3.8) is 0 Å². The van der Waals surface area contributed by atoms with E-state index in [9.17, 15) is 9.59 Å². The monoisotopic (exact) mass is 292 g/mol. The smallest absolute Gasteiger partial charge is 0.249 e. The van der Waals surface area contributed by atoms with Crippen LogP contribution in [0.15, 0.2) is 0 Å². The minimum Gasteiger partial charge on any atom is -0.340 e. The Morgan fingerprint density at radius 2 is 1.90 bits per heavy atom. The summed E-state index contributed by atoms with van der Waals surface area (Å²) in [5.74, 6) is 0.563. The highest BCUT2D eigenvalue weighted by Crippen LogP contribution is 2.51. The molecule has 3 rings (SSSR count). The van der Waals surface area contributed by atoms with Gasteiger partial charge in [0.1, 0.15) is 11.6 Å². The van der Waals surface area contributed by atoms with Crippen LogP contribution in [-0.2, 0) is 9.59 Å². The lowest BCUT2D eigenvalue weighted by Crippen LogP contribution is -2.70. The highest BCUT2D eigenvalue weighted by molar-refractivity contribution is 6.00. The summed E-state index contributed by atoms with van der Waals surface area (Å²) in [7, 11) is 0. The largest absolute Gasteiger partial charge is 0.340 e. The Bertz CT molecular complexity index is 454. The third kappa shape index (κ3) is 2.47. The summed E-state index contributed by atoms with van der Waals surface area (Å²) in [6.07, 6.45) is 7.59. The van der Waals surface area contributed by atoms with Crippen molar-refractivity contribution in [3.8, 4) is 0 Å². The highest BCUT2D eigenvalue weighted by atomic mass is 16.2. The van der Waals surface area contributed by atoms with Crippen molar-refractivity contribution in [2.45, 2.75) is 77.3 Å². The number of amides is 2. The molecule has 0 spiro atoms. The first-order valence-electron chi connectivity index (χ1n) is 8.59. The van der Waals surface area contributed by atoms with Gasteiger partial charge in [0.05, 0.1) is 0 Å². The van der Waals surface area contributed by atoms with Crippen LogP contribution in [0.25, 0.3) is 0 Å². The van der Waals surface area contributed by atoms with Gasteiger partial charge >= 0.3 is 0 Å². The van der Waals surface area contributed by atoms with Gasteiger partial charge in [0, 0.05) is 6.54 Å². The minimum atomic E-state index is -0.648. The summed E-state index contributed by atoms with van der Waals surface area (Å²) < 4.78 is 0. The van der Waals surface area contributed by atoms with Gasteiger partial charge in [0.15, 0.2) is 0 Å². The molecule has 1 aliphatic heterocycles. The van der Waals surface area contributed by atoms with Gasteiger partial charge in [-0.15, -0.1) is 0 Å². The van der Waals surface area contributed by atoms with Crippen molar-refractivity contribution in [1.82, 2.24) is 10.2 Å². The predicted octanol–water partition coefficient (Wildman–Crippen LogP) is 2.47. The predicted molar refractivity (Wildman–Crippen MR) is 81.6 cm³/mol. The maximum Gasteiger partial charge on any atom is 0.249 e. The zero-order valence-electron chi connectivity index (χ0n) is 13.6. The molecule has 118 valence electrons. The van der Waals surface area contributed by atoms with Crippen LogP contribution in [0.3, 0.4) is 0 Å². The van der Waals surface area contributed by atoms with Crippen LogP contribution in [-0.4, -0.2) is 34.8 Å². The number of nitrogens with zero attached hydrogens (tertiary/aromatic N) is 1. The number of nitrogens with one attached hydrogen (secondary N) is 1. The second kappa shape index (κ2) is 4.99. The fourth-order valence-corrected chi connectivity index (χ4v) is 4.05. The van der Waals surface area contributed by atoms with E-state index in [2.05, 4.69) is 12.2 Å². The molecular weight excluding hydrogens is 264 g/mol. The molecule has 3 fully saturated rings. The molecule has 1 N–H and O–H groups in total. The van der Waals surface area contributed by atoms with E-state index < -0.39 is 5.54 Å². The maximum absolute atomic E-state index is 13.1. The van der Waals surface area contributed by atoms with E-state index >= 15 is 0 Å². The van der Waals surface area contributed by atoms with Gasteiger partial charge in [-0.3, -0.25) is 9.59 Å². The first-order chi connectivity index (χ1) is 9.96. The Balaban J connectivity index is 1.83. The summed E-state index contributed by atoms with van der Waals surface area (Å²) in [4.78, 5) is 27.5. The van der Waals surface area contributed by atoms with Gasteiger partial charge in [-0.25, -0.2) is 0 Å². The number of rotatable bonds is 6. The Morgan fingerprint density at radius 3 is 2.38 bits per heavy atom. The van der Waals surface area contributed by atoms with Crippen LogP contribution in [0.4, 0.5) is 0 Å². The number of piperazine rings is 1. The molecule has 0 aromatic carbocycles. The fourth-order valence-electron chi connectivity index (χ4n) is 4.05. The number of hydrogen-bond acceptors (Lipinski definition) is 2. The SMILES string of the molecule is CCCC1(CN2C(=O)C(C)(C3CC3)NC(=O)C2CC)CC1. The minimum absolute atomic E-state index is 0.0544. The van der Waals surface area contributed by atoms with Crippen LogP contribution in [0.5, 0.6) is 0 Å². The first kappa shape index (κ1) is 14.9. The lowest BCUT2D eigenvalue weighted by Gasteiger charge is -2.46. The van der Waals surface area contributed by atoms with Crippen LogP contribution in [0.2, 0.25) is 0 Å². The molecule has 2 amide bonds. The Kier molecular flexibility index (Phi) is 3.53. The second-order valence-corrected chi connectivity index (χ2v) is 7.57. The normalized spacial score (nSPS) is 34.8. The molecule has 0 bridgehead atoms. The van der Waals surface area contributed by atoms with Crippen molar-refractivity contribution >= 4 is 11.8 Å². The van der Waals surface area contributed by atoms with Crippen LogP contribution in [0, 0.1) is 11.3 Å². The molecule has 0 radical (unpaired) electrons. The highest BCUT2D eigenvalue weighted by Gasteiger charge is 2.57. The molecule has 2 unspecified atom stereocenters. The average Bonchev–Trinajstić information content (AvgIpc) is 3.31. The van der Waals surface area contributed by atoms with Crippen LogP contribution in [0.1, 0.15) is 65.7 Å². The molecule has 4 nitrogen and oxygen atoms in total. The summed E-state index contributed by atoms with van der Waals surface area (Å²) in [6, 6.07) is -0.265. The quantitative estimate of drug-likeness (QED) is 0.817. The van der Waals surface area contributed by atoms with E-state index in [1.807, 2.05) is 18.7 Å². The third-order valence-corrected chi connectivity index (χ3v) is 5.79. The van der Waals surface area contributed by atoms with Gasteiger partial charge < -0.3 is 10.2 Å².